The lowest BCUT2D eigenvalue weighted by atomic mass is 10.0. The van der Waals surface area contributed by atoms with E-state index in [1.165, 1.54) is 6.07 Å². The largest absolute Gasteiger partial charge is 0.326 e. The average molecular weight is 403 g/mol. The molecule has 0 aliphatic rings. The van der Waals surface area contributed by atoms with Crippen LogP contribution in [0, 0.1) is 34.5 Å². The predicted octanol–water partition coefficient (Wildman–Crippen LogP) is 4.24. The molecular weight excluding hydrogens is 386 g/mol. The van der Waals surface area contributed by atoms with Crippen molar-refractivity contribution < 1.29 is 9.59 Å². The summed E-state index contributed by atoms with van der Waals surface area (Å²) in [5.41, 5.74) is 3.39. The molecule has 0 spiro atoms. The number of ketones is 1. The van der Waals surface area contributed by atoms with Gasteiger partial charge in [0.05, 0.1) is 30.5 Å². The van der Waals surface area contributed by atoms with E-state index in [0.717, 1.165) is 11.1 Å². The van der Waals surface area contributed by atoms with Gasteiger partial charge in [-0.15, -0.1) is 0 Å². The number of hydrogen-bond donors (Lipinski definition) is 1. The molecule has 0 aromatic heterocycles. The fourth-order valence-corrected chi connectivity index (χ4v) is 2.89. The van der Waals surface area contributed by atoms with Crippen molar-refractivity contribution in [3.63, 3.8) is 0 Å². The lowest BCUT2D eigenvalue weighted by Gasteiger charge is -2.08. The average Bonchev–Trinajstić information content (AvgIpc) is 2.79. The summed E-state index contributed by atoms with van der Waals surface area (Å²) < 4.78 is 0. The molecule has 1 amide bonds. The normalized spacial score (nSPS) is 9.48. The first-order chi connectivity index (χ1) is 15.1. The van der Waals surface area contributed by atoms with E-state index in [2.05, 4.69) is 23.2 Å². The number of benzene rings is 3. The molecule has 3 aromatic rings. The summed E-state index contributed by atoms with van der Waals surface area (Å²) in [7, 11) is 0. The van der Waals surface area contributed by atoms with Gasteiger partial charge in [-0.2, -0.15) is 10.5 Å². The monoisotopic (exact) mass is 403 g/mol. The topological polar surface area (TPSA) is 93.8 Å². The third kappa shape index (κ3) is 5.91. The van der Waals surface area contributed by atoms with Gasteiger partial charge in [0.1, 0.15) is 0 Å². The number of carbonyl (C=O) groups is 2. The van der Waals surface area contributed by atoms with Crippen LogP contribution in [0.3, 0.4) is 0 Å². The number of hydrogen-bond acceptors (Lipinski definition) is 4. The summed E-state index contributed by atoms with van der Waals surface area (Å²) in [6, 6.07) is 24.9. The number of rotatable bonds is 5. The van der Waals surface area contributed by atoms with Gasteiger partial charge >= 0.3 is 0 Å². The molecule has 0 unspecified atom stereocenters. The molecule has 1 N–H and O–H groups in total. The lowest BCUT2D eigenvalue weighted by Crippen LogP contribution is -2.16. The van der Waals surface area contributed by atoms with E-state index < -0.39 is 5.91 Å². The minimum absolute atomic E-state index is 0.195. The molecule has 3 aromatic carbocycles. The number of anilines is 1. The second-order valence-electron chi connectivity index (χ2n) is 6.66. The zero-order chi connectivity index (χ0) is 22.1. The van der Waals surface area contributed by atoms with Gasteiger partial charge in [0.15, 0.2) is 5.78 Å². The minimum atomic E-state index is -0.470. The van der Waals surface area contributed by atoms with E-state index in [-0.39, 0.29) is 18.6 Å². The number of nitrogens with one attached hydrogen (secondary N) is 1. The smallest absolute Gasteiger partial charge is 0.232 e. The van der Waals surface area contributed by atoms with Crippen LogP contribution in [0.1, 0.15) is 39.0 Å². The van der Waals surface area contributed by atoms with E-state index in [4.69, 9.17) is 10.5 Å². The molecule has 0 aliphatic carbocycles. The van der Waals surface area contributed by atoms with E-state index in [1.54, 1.807) is 36.4 Å². The first-order valence-corrected chi connectivity index (χ1v) is 9.49. The Balaban J connectivity index is 1.76. The van der Waals surface area contributed by atoms with Crippen LogP contribution in [0.25, 0.3) is 0 Å². The Hall–Kier alpha value is -4.66. The maximum Gasteiger partial charge on any atom is 0.232 e. The van der Waals surface area contributed by atoms with Crippen LogP contribution in [-0.2, 0) is 11.2 Å². The summed E-state index contributed by atoms with van der Waals surface area (Å²) in [5, 5.41) is 20.7. The maximum absolute atomic E-state index is 12.4. The second-order valence-corrected chi connectivity index (χ2v) is 6.66. The molecular formula is C26H17N3O2. The third-order valence-electron chi connectivity index (χ3n) is 4.41. The minimum Gasteiger partial charge on any atom is -0.326 e. The Kier molecular flexibility index (Phi) is 6.94. The van der Waals surface area contributed by atoms with Crippen molar-refractivity contribution in [2.75, 3.05) is 5.32 Å². The second kappa shape index (κ2) is 10.2. The lowest BCUT2D eigenvalue weighted by molar-refractivity contribution is -0.115. The molecule has 5 nitrogen and oxygen atoms in total. The first kappa shape index (κ1) is 21.1. The number of amides is 1. The van der Waals surface area contributed by atoms with Crippen LogP contribution in [0.15, 0.2) is 72.8 Å². The highest BCUT2D eigenvalue weighted by Crippen LogP contribution is 2.17. The highest BCUT2D eigenvalue weighted by molar-refractivity contribution is 6.11. The van der Waals surface area contributed by atoms with Crippen LogP contribution in [0.4, 0.5) is 5.69 Å². The molecule has 0 heterocycles. The Labute approximate surface area is 180 Å². The van der Waals surface area contributed by atoms with Crippen LogP contribution in [0.2, 0.25) is 0 Å². The SMILES string of the molecule is N#CCc1ccc(NC(=O)CC(=O)c2cccc(C#N)c2)cc1C#Cc1ccccc1. The summed E-state index contributed by atoms with van der Waals surface area (Å²) in [5.74, 6) is 5.26. The van der Waals surface area contributed by atoms with Crippen molar-refractivity contribution in [1.29, 1.82) is 10.5 Å². The third-order valence-corrected chi connectivity index (χ3v) is 4.41. The van der Waals surface area contributed by atoms with Crippen molar-refractivity contribution in [2.24, 2.45) is 0 Å². The van der Waals surface area contributed by atoms with Gasteiger partial charge in [0.2, 0.25) is 5.91 Å². The molecule has 0 saturated heterocycles. The summed E-state index contributed by atoms with van der Waals surface area (Å²) in [4.78, 5) is 24.7. The van der Waals surface area contributed by atoms with Crippen molar-refractivity contribution in [3.8, 4) is 24.0 Å². The molecule has 0 fully saturated rings. The van der Waals surface area contributed by atoms with Gasteiger partial charge in [-0.1, -0.05) is 48.2 Å². The Morgan fingerprint density at radius 1 is 0.839 bits per heavy atom. The number of nitriles is 2. The fourth-order valence-electron chi connectivity index (χ4n) is 2.89. The van der Waals surface area contributed by atoms with Crippen molar-refractivity contribution >= 4 is 17.4 Å². The van der Waals surface area contributed by atoms with Crippen molar-refractivity contribution in [3.05, 3.63) is 101 Å². The van der Waals surface area contributed by atoms with Crippen LogP contribution in [-0.4, -0.2) is 11.7 Å². The molecule has 0 atom stereocenters. The fraction of sp³-hybridized carbons (Fsp3) is 0.0769. The highest BCUT2D eigenvalue weighted by atomic mass is 16.2. The van der Waals surface area contributed by atoms with E-state index >= 15 is 0 Å². The number of nitrogens with zero attached hydrogens (tertiary/aromatic N) is 2. The van der Waals surface area contributed by atoms with Crippen LogP contribution in [0.5, 0.6) is 0 Å². The summed E-state index contributed by atoms with van der Waals surface area (Å²) in [6.07, 6.45) is -0.152. The maximum atomic E-state index is 12.4. The van der Waals surface area contributed by atoms with Crippen molar-refractivity contribution in [1.82, 2.24) is 0 Å². The van der Waals surface area contributed by atoms with Gasteiger partial charge < -0.3 is 5.32 Å². The van der Waals surface area contributed by atoms with Gasteiger partial charge in [0, 0.05) is 22.4 Å². The molecule has 0 bridgehead atoms. The van der Waals surface area contributed by atoms with Gasteiger partial charge in [-0.25, -0.2) is 0 Å². The van der Waals surface area contributed by atoms with E-state index in [0.29, 0.717) is 22.4 Å². The summed E-state index contributed by atoms with van der Waals surface area (Å²) in [6.45, 7) is 0. The summed E-state index contributed by atoms with van der Waals surface area (Å²) >= 11 is 0. The number of carbonyl (C=O) groups excluding carboxylic acids is 2. The Morgan fingerprint density at radius 2 is 1.61 bits per heavy atom. The molecule has 0 aliphatic heterocycles. The van der Waals surface area contributed by atoms with Crippen LogP contribution >= 0.6 is 0 Å². The van der Waals surface area contributed by atoms with E-state index in [9.17, 15) is 9.59 Å². The zero-order valence-electron chi connectivity index (χ0n) is 16.6. The highest BCUT2D eigenvalue weighted by Gasteiger charge is 2.13. The van der Waals surface area contributed by atoms with Crippen LogP contribution < -0.4 is 5.32 Å². The first-order valence-electron chi connectivity index (χ1n) is 9.49. The molecule has 0 saturated carbocycles. The molecule has 3 rings (SSSR count). The number of Topliss-reactive ketones (excluding diaryl/α,β-unsaturated/α-hetero) is 1. The van der Waals surface area contributed by atoms with Gasteiger partial charge in [-0.3, -0.25) is 9.59 Å². The Morgan fingerprint density at radius 3 is 2.35 bits per heavy atom. The molecule has 31 heavy (non-hydrogen) atoms. The predicted molar refractivity (Wildman–Crippen MR) is 117 cm³/mol. The standard InChI is InChI=1S/C26H17N3O2/c27-14-13-21-11-12-24(16-22(21)10-9-19-5-2-1-3-6-19)29-26(31)17-25(30)23-8-4-7-20(15-23)18-28/h1-8,11-12,15-16H,13,17H2,(H,29,31). The van der Waals surface area contributed by atoms with E-state index in [1.807, 2.05) is 36.4 Å². The van der Waals surface area contributed by atoms with Gasteiger partial charge in [-0.05, 0) is 42.0 Å². The molecule has 0 radical (unpaired) electrons. The quantitative estimate of drug-likeness (QED) is 0.392. The van der Waals surface area contributed by atoms with Crippen molar-refractivity contribution in [2.45, 2.75) is 12.8 Å². The Bertz CT molecular complexity index is 1270. The van der Waals surface area contributed by atoms with Gasteiger partial charge in [0.25, 0.3) is 0 Å². The zero-order valence-corrected chi connectivity index (χ0v) is 16.6. The molecule has 5 heteroatoms. The molecule has 148 valence electrons.